The summed E-state index contributed by atoms with van der Waals surface area (Å²) < 4.78 is 0. The van der Waals surface area contributed by atoms with Gasteiger partial charge in [0.05, 0.1) is 0 Å². The highest BCUT2D eigenvalue weighted by molar-refractivity contribution is 7.99. The molecule has 104 valence electrons. The molecule has 19 heavy (non-hydrogen) atoms. The average Bonchev–Trinajstić information content (AvgIpc) is 3.09. The highest BCUT2D eigenvalue weighted by atomic mass is 32.2. The van der Waals surface area contributed by atoms with Gasteiger partial charge in [-0.2, -0.15) is 0 Å². The molecule has 0 bridgehead atoms. The molecule has 2 fully saturated rings. The summed E-state index contributed by atoms with van der Waals surface area (Å²) >= 11 is 2.06. The fraction of sp³-hybridized carbons (Fsp3) is 0.647. The lowest BCUT2D eigenvalue weighted by Gasteiger charge is -2.11. The summed E-state index contributed by atoms with van der Waals surface area (Å²) in [5, 5.41) is 3.60. The molecule has 2 aliphatic rings. The van der Waals surface area contributed by atoms with Crippen LogP contribution in [0, 0.1) is 12.8 Å². The van der Waals surface area contributed by atoms with Crippen LogP contribution in [0.15, 0.2) is 23.1 Å². The van der Waals surface area contributed by atoms with Gasteiger partial charge in [-0.25, -0.2) is 0 Å². The Labute approximate surface area is 121 Å². The fourth-order valence-corrected chi connectivity index (χ4v) is 4.08. The van der Waals surface area contributed by atoms with Crippen LogP contribution in [0.2, 0.25) is 0 Å². The average molecular weight is 275 g/mol. The largest absolute Gasteiger partial charge is 0.310 e. The van der Waals surface area contributed by atoms with Gasteiger partial charge in [0.15, 0.2) is 0 Å². The summed E-state index contributed by atoms with van der Waals surface area (Å²) in [6.07, 6.45) is 8.56. The second-order valence-electron chi connectivity index (χ2n) is 6.20. The van der Waals surface area contributed by atoms with Crippen molar-refractivity contribution < 1.29 is 0 Å². The normalized spacial score (nSPS) is 20.1. The molecule has 1 aromatic rings. The number of aryl methyl sites for hydroxylation is 1. The first kappa shape index (κ1) is 13.5. The van der Waals surface area contributed by atoms with Gasteiger partial charge in [-0.05, 0) is 61.8 Å². The van der Waals surface area contributed by atoms with E-state index < -0.39 is 0 Å². The van der Waals surface area contributed by atoms with Crippen LogP contribution in [0.3, 0.4) is 0 Å². The fourth-order valence-electron chi connectivity index (χ4n) is 2.89. The molecule has 2 heteroatoms. The first-order valence-electron chi connectivity index (χ1n) is 7.77. The van der Waals surface area contributed by atoms with E-state index in [4.69, 9.17) is 0 Å². The van der Waals surface area contributed by atoms with Gasteiger partial charge < -0.3 is 5.32 Å². The third-order valence-electron chi connectivity index (χ3n) is 4.43. The number of hydrogen-bond donors (Lipinski definition) is 1. The van der Waals surface area contributed by atoms with E-state index in [2.05, 4.69) is 42.2 Å². The lowest BCUT2D eigenvalue weighted by atomic mass is 10.1. The van der Waals surface area contributed by atoms with Crippen LogP contribution in [-0.2, 0) is 6.54 Å². The Hall–Kier alpha value is -0.470. The molecule has 0 aromatic heterocycles. The topological polar surface area (TPSA) is 12.0 Å². The van der Waals surface area contributed by atoms with Crippen molar-refractivity contribution >= 4 is 11.8 Å². The Balaban J connectivity index is 1.51. The standard InChI is InChI=1S/C17H25NS/c1-13-10-17(19-12-14-4-2-3-5-14)9-6-15(13)11-18-16-7-8-16/h6,9-10,14,16,18H,2-5,7-8,11-12H2,1H3. The van der Waals surface area contributed by atoms with Gasteiger partial charge in [-0.3, -0.25) is 0 Å². The SMILES string of the molecule is Cc1cc(SCC2CCCC2)ccc1CNC1CC1. The molecule has 0 radical (unpaired) electrons. The third kappa shape index (κ3) is 4.00. The van der Waals surface area contributed by atoms with Gasteiger partial charge in [-0.15, -0.1) is 11.8 Å². The van der Waals surface area contributed by atoms with Crippen LogP contribution in [0.25, 0.3) is 0 Å². The molecule has 0 amide bonds. The predicted molar refractivity (Wildman–Crippen MR) is 83.7 cm³/mol. The molecule has 0 spiro atoms. The van der Waals surface area contributed by atoms with Crippen molar-refractivity contribution in [3.05, 3.63) is 29.3 Å². The quantitative estimate of drug-likeness (QED) is 0.766. The summed E-state index contributed by atoms with van der Waals surface area (Å²) in [4.78, 5) is 1.46. The van der Waals surface area contributed by atoms with E-state index >= 15 is 0 Å². The molecule has 0 unspecified atom stereocenters. The molecule has 2 aliphatic carbocycles. The van der Waals surface area contributed by atoms with Crippen molar-refractivity contribution in [2.24, 2.45) is 5.92 Å². The van der Waals surface area contributed by atoms with Crippen molar-refractivity contribution in [2.75, 3.05) is 5.75 Å². The maximum atomic E-state index is 3.60. The summed E-state index contributed by atoms with van der Waals surface area (Å²) in [5.41, 5.74) is 2.92. The number of hydrogen-bond acceptors (Lipinski definition) is 2. The molecule has 0 aliphatic heterocycles. The van der Waals surface area contributed by atoms with Gasteiger partial charge in [0.1, 0.15) is 0 Å². The molecule has 1 nitrogen and oxygen atoms in total. The minimum atomic E-state index is 0.802. The van der Waals surface area contributed by atoms with Gasteiger partial charge in [0.25, 0.3) is 0 Å². The van der Waals surface area contributed by atoms with Gasteiger partial charge >= 0.3 is 0 Å². The Morgan fingerprint density at radius 2 is 1.95 bits per heavy atom. The number of thioether (sulfide) groups is 1. The summed E-state index contributed by atoms with van der Waals surface area (Å²) in [6.45, 7) is 3.30. The van der Waals surface area contributed by atoms with Crippen molar-refractivity contribution in [1.82, 2.24) is 5.32 Å². The van der Waals surface area contributed by atoms with E-state index in [-0.39, 0.29) is 0 Å². The van der Waals surface area contributed by atoms with Gasteiger partial charge in [0, 0.05) is 23.2 Å². The Morgan fingerprint density at radius 1 is 1.16 bits per heavy atom. The molecule has 1 aromatic carbocycles. The Bertz CT molecular complexity index is 419. The first-order chi connectivity index (χ1) is 9.31. The zero-order valence-electron chi connectivity index (χ0n) is 12.0. The van der Waals surface area contributed by atoms with E-state index in [9.17, 15) is 0 Å². The molecule has 0 heterocycles. The zero-order valence-corrected chi connectivity index (χ0v) is 12.8. The third-order valence-corrected chi connectivity index (χ3v) is 5.66. The molecule has 0 saturated heterocycles. The molecule has 0 atom stereocenters. The Kier molecular flexibility index (Phi) is 4.49. The van der Waals surface area contributed by atoms with Gasteiger partial charge in [-0.1, -0.05) is 18.9 Å². The van der Waals surface area contributed by atoms with Crippen LogP contribution in [0.1, 0.15) is 49.7 Å². The van der Waals surface area contributed by atoms with Crippen LogP contribution in [-0.4, -0.2) is 11.8 Å². The zero-order chi connectivity index (χ0) is 13.1. The highest BCUT2D eigenvalue weighted by Crippen LogP contribution is 2.31. The second kappa shape index (κ2) is 6.32. The van der Waals surface area contributed by atoms with Crippen LogP contribution in [0.5, 0.6) is 0 Å². The van der Waals surface area contributed by atoms with E-state index in [1.165, 1.54) is 60.3 Å². The molecule has 3 rings (SSSR count). The van der Waals surface area contributed by atoms with Crippen LogP contribution in [0.4, 0.5) is 0 Å². The van der Waals surface area contributed by atoms with Crippen molar-refractivity contribution in [1.29, 1.82) is 0 Å². The predicted octanol–water partition coefficient (Wildman–Crippen LogP) is 4.53. The highest BCUT2D eigenvalue weighted by Gasteiger charge is 2.20. The summed E-state index contributed by atoms with van der Waals surface area (Å²) in [5.74, 6) is 2.29. The van der Waals surface area contributed by atoms with Crippen LogP contribution < -0.4 is 5.32 Å². The second-order valence-corrected chi connectivity index (χ2v) is 7.30. The maximum Gasteiger partial charge on any atom is 0.0210 e. The molecule has 2 saturated carbocycles. The van der Waals surface area contributed by atoms with E-state index in [0.29, 0.717) is 0 Å². The van der Waals surface area contributed by atoms with Crippen molar-refractivity contribution in [2.45, 2.75) is 62.9 Å². The minimum absolute atomic E-state index is 0.802. The monoisotopic (exact) mass is 275 g/mol. The lowest BCUT2D eigenvalue weighted by Crippen LogP contribution is -2.15. The summed E-state index contributed by atoms with van der Waals surface area (Å²) in [6, 6.07) is 7.82. The number of benzene rings is 1. The number of rotatable bonds is 6. The van der Waals surface area contributed by atoms with E-state index in [1.54, 1.807) is 0 Å². The Morgan fingerprint density at radius 3 is 2.63 bits per heavy atom. The van der Waals surface area contributed by atoms with E-state index in [0.717, 1.165) is 18.5 Å². The summed E-state index contributed by atoms with van der Waals surface area (Å²) in [7, 11) is 0. The van der Waals surface area contributed by atoms with Crippen LogP contribution >= 0.6 is 11.8 Å². The first-order valence-corrected chi connectivity index (χ1v) is 8.75. The molecular formula is C17H25NS. The van der Waals surface area contributed by atoms with Crippen molar-refractivity contribution in [3.8, 4) is 0 Å². The molecule has 1 N–H and O–H groups in total. The van der Waals surface area contributed by atoms with Crippen molar-refractivity contribution in [3.63, 3.8) is 0 Å². The van der Waals surface area contributed by atoms with Gasteiger partial charge in [0.2, 0.25) is 0 Å². The lowest BCUT2D eigenvalue weighted by molar-refractivity contribution is 0.623. The minimum Gasteiger partial charge on any atom is -0.310 e. The number of nitrogens with one attached hydrogen (secondary N) is 1. The maximum absolute atomic E-state index is 3.60. The smallest absolute Gasteiger partial charge is 0.0210 e. The molecular weight excluding hydrogens is 250 g/mol. The van der Waals surface area contributed by atoms with E-state index in [1.807, 2.05) is 0 Å².